The summed E-state index contributed by atoms with van der Waals surface area (Å²) in [5.41, 5.74) is 0.517. The number of benzene rings is 1. The molecule has 0 saturated carbocycles. The minimum absolute atomic E-state index is 0.114. The lowest BCUT2D eigenvalue weighted by atomic mass is 10.2. The van der Waals surface area contributed by atoms with Gasteiger partial charge in [-0.3, -0.25) is 14.7 Å². The van der Waals surface area contributed by atoms with Gasteiger partial charge in [-0.15, -0.1) is 0 Å². The average Bonchev–Trinajstić information content (AvgIpc) is 2.79. The summed E-state index contributed by atoms with van der Waals surface area (Å²) in [5, 5.41) is 7.57. The van der Waals surface area contributed by atoms with Crippen LogP contribution in [0.15, 0.2) is 24.3 Å². The highest BCUT2D eigenvalue weighted by atomic mass is 16.6. The molecule has 1 N–H and O–H groups in total. The molecule has 2 aromatic rings. The van der Waals surface area contributed by atoms with Crippen LogP contribution >= 0.6 is 0 Å². The minimum atomic E-state index is -0.569. The van der Waals surface area contributed by atoms with Gasteiger partial charge in [0.05, 0.1) is 5.52 Å². The standard InChI is InChI=1S/C15H19N3O3/c1-15(2,3)21-12(19)9-18(4)14(20)13-10-7-5-6-8-11(10)16-17-13/h5-8H,9H2,1-4H3,(H,16,17). The normalized spacial score (nSPS) is 11.4. The number of H-pyrrole nitrogens is 1. The zero-order chi connectivity index (χ0) is 15.6. The number of para-hydroxylation sites is 1. The zero-order valence-corrected chi connectivity index (χ0v) is 12.6. The molecule has 0 unspecified atom stereocenters. The lowest BCUT2D eigenvalue weighted by Crippen LogP contribution is -2.36. The molecule has 0 aliphatic heterocycles. The summed E-state index contributed by atoms with van der Waals surface area (Å²) < 4.78 is 5.20. The summed E-state index contributed by atoms with van der Waals surface area (Å²) >= 11 is 0. The Morgan fingerprint density at radius 2 is 1.95 bits per heavy atom. The van der Waals surface area contributed by atoms with Gasteiger partial charge in [-0.2, -0.15) is 5.10 Å². The molecule has 0 radical (unpaired) electrons. The molecule has 1 aromatic heterocycles. The number of nitrogens with one attached hydrogen (secondary N) is 1. The molecule has 0 atom stereocenters. The molecule has 112 valence electrons. The van der Waals surface area contributed by atoms with E-state index in [1.165, 1.54) is 4.90 Å². The first-order chi connectivity index (χ1) is 9.78. The first-order valence-electron chi connectivity index (χ1n) is 6.68. The number of fused-ring (bicyclic) bond motifs is 1. The van der Waals surface area contributed by atoms with E-state index in [2.05, 4.69) is 10.2 Å². The molecule has 6 heteroatoms. The number of carbonyl (C=O) groups excluding carboxylic acids is 2. The fourth-order valence-corrected chi connectivity index (χ4v) is 1.95. The van der Waals surface area contributed by atoms with E-state index in [-0.39, 0.29) is 12.5 Å². The number of ether oxygens (including phenoxy) is 1. The SMILES string of the molecule is CN(CC(=O)OC(C)(C)C)C(=O)c1n[nH]c2ccccc12. The molecule has 0 aliphatic carbocycles. The number of likely N-dealkylation sites (N-methyl/N-ethyl adjacent to an activating group) is 1. The van der Waals surface area contributed by atoms with Gasteiger partial charge in [-0.05, 0) is 26.8 Å². The summed E-state index contributed by atoms with van der Waals surface area (Å²) in [6, 6.07) is 7.35. The van der Waals surface area contributed by atoms with Crippen LogP contribution in [0.4, 0.5) is 0 Å². The van der Waals surface area contributed by atoms with Crippen molar-refractivity contribution in [1.29, 1.82) is 0 Å². The Hall–Kier alpha value is -2.37. The lowest BCUT2D eigenvalue weighted by Gasteiger charge is -2.22. The number of hydrogen-bond donors (Lipinski definition) is 1. The number of esters is 1. The van der Waals surface area contributed by atoms with Crippen LogP contribution in [-0.2, 0) is 9.53 Å². The first kappa shape index (κ1) is 15.0. The van der Waals surface area contributed by atoms with Gasteiger partial charge in [0, 0.05) is 12.4 Å². The van der Waals surface area contributed by atoms with Crippen molar-refractivity contribution in [2.24, 2.45) is 0 Å². The van der Waals surface area contributed by atoms with Crippen molar-refractivity contribution in [2.45, 2.75) is 26.4 Å². The second-order valence-electron chi connectivity index (χ2n) is 5.87. The van der Waals surface area contributed by atoms with Gasteiger partial charge in [0.2, 0.25) is 0 Å². The van der Waals surface area contributed by atoms with Crippen molar-refractivity contribution in [3.05, 3.63) is 30.0 Å². The van der Waals surface area contributed by atoms with Crippen molar-refractivity contribution in [3.8, 4) is 0 Å². The fraction of sp³-hybridized carbons (Fsp3) is 0.400. The maximum absolute atomic E-state index is 12.4. The predicted octanol–water partition coefficient (Wildman–Crippen LogP) is 1.98. The third kappa shape index (κ3) is 3.59. The van der Waals surface area contributed by atoms with Gasteiger partial charge >= 0.3 is 5.97 Å². The van der Waals surface area contributed by atoms with Crippen LogP contribution in [-0.4, -0.2) is 46.2 Å². The van der Waals surface area contributed by atoms with Crippen molar-refractivity contribution in [3.63, 3.8) is 0 Å². The fourth-order valence-electron chi connectivity index (χ4n) is 1.95. The number of aromatic amines is 1. The summed E-state index contributed by atoms with van der Waals surface area (Å²) in [7, 11) is 1.55. The Morgan fingerprint density at radius 1 is 1.29 bits per heavy atom. The zero-order valence-electron chi connectivity index (χ0n) is 12.6. The van der Waals surface area contributed by atoms with Crippen molar-refractivity contribution < 1.29 is 14.3 Å². The van der Waals surface area contributed by atoms with Crippen LogP contribution in [0.5, 0.6) is 0 Å². The second kappa shape index (κ2) is 5.55. The van der Waals surface area contributed by atoms with Gasteiger partial charge in [0.1, 0.15) is 12.1 Å². The number of carbonyl (C=O) groups is 2. The average molecular weight is 289 g/mol. The molecular weight excluding hydrogens is 270 g/mol. The van der Waals surface area contributed by atoms with Gasteiger partial charge in [-0.1, -0.05) is 18.2 Å². The molecule has 6 nitrogen and oxygen atoms in total. The molecule has 1 heterocycles. The van der Waals surface area contributed by atoms with E-state index in [0.717, 1.165) is 10.9 Å². The third-order valence-electron chi connectivity index (χ3n) is 2.81. The molecule has 0 spiro atoms. The Bertz CT molecular complexity index is 670. The Balaban J connectivity index is 2.11. The van der Waals surface area contributed by atoms with Crippen molar-refractivity contribution >= 4 is 22.8 Å². The summed E-state index contributed by atoms with van der Waals surface area (Å²) in [4.78, 5) is 25.4. The molecule has 1 amide bonds. The van der Waals surface area contributed by atoms with E-state index in [4.69, 9.17) is 4.74 Å². The highest BCUT2D eigenvalue weighted by molar-refractivity contribution is 6.05. The van der Waals surface area contributed by atoms with Gasteiger partial charge < -0.3 is 9.64 Å². The van der Waals surface area contributed by atoms with E-state index in [1.54, 1.807) is 27.8 Å². The molecular formula is C15H19N3O3. The topological polar surface area (TPSA) is 75.3 Å². The highest BCUT2D eigenvalue weighted by Gasteiger charge is 2.23. The van der Waals surface area contributed by atoms with Crippen molar-refractivity contribution in [2.75, 3.05) is 13.6 Å². The molecule has 1 aromatic carbocycles. The van der Waals surface area contributed by atoms with E-state index in [1.807, 2.05) is 24.3 Å². The summed E-state index contributed by atoms with van der Waals surface area (Å²) in [6.07, 6.45) is 0. The number of amides is 1. The summed E-state index contributed by atoms with van der Waals surface area (Å²) in [5.74, 6) is -0.767. The Labute approximate surface area is 123 Å². The number of hydrogen-bond acceptors (Lipinski definition) is 4. The maximum Gasteiger partial charge on any atom is 0.326 e. The van der Waals surface area contributed by atoms with Gasteiger partial charge in [0.25, 0.3) is 5.91 Å². The molecule has 0 aliphatic rings. The maximum atomic E-state index is 12.4. The van der Waals surface area contributed by atoms with E-state index in [0.29, 0.717) is 5.69 Å². The highest BCUT2D eigenvalue weighted by Crippen LogP contribution is 2.16. The minimum Gasteiger partial charge on any atom is -0.459 e. The van der Waals surface area contributed by atoms with Crippen LogP contribution in [0.3, 0.4) is 0 Å². The molecule has 2 rings (SSSR count). The van der Waals surface area contributed by atoms with Crippen molar-refractivity contribution in [1.82, 2.24) is 15.1 Å². The predicted molar refractivity (Wildman–Crippen MR) is 78.9 cm³/mol. The van der Waals surface area contributed by atoms with Crippen LogP contribution in [0.2, 0.25) is 0 Å². The van der Waals surface area contributed by atoms with Gasteiger partial charge in [-0.25, -0.2) is 0 Å². The smallest absolute Gasteiger partial charge is 0.326 e. The second-order valence-corrected chi connectivity index (χ2v) is 5.87. The van der Waals surface area contributed by atoms with Crippen LogP contribution < -0.4 is 0 Å². The Morgan fingerprint density at radius 3 is 2.62 bits per heavy atom. The van der Waals surface area contributed by atoms with Crippen LogP contribution in [0.1, 0.15) is 31.3 Å². The van der Waals surface area contributed by atoms with Gasteiger partial charge in [0.15, 0.2) is 5.69 Å². The lowest BCUT2D eigenvalue weighted by molar-refractivity contribution is -0.155. The van der Waals surface area contributed by atoms with Crippen LogP contribution in [0.25, 0.3) is 10.9 Å². The number of rotatable bonds is 3. The van der Waals surface area contributed by atoms with E-state index >= 15 is 0 Å². The first-order valence-corrected chi connectivity index (χ1v) is 6.68. The largest absolute Gasteiger partial charge is 0.459 e. The number of aromatic nitrogens is 2. The van der Waals surface area contributed by atoms with E-state index in [9.17, 15) is 9.59 Å². The van der Waals surface area contributed by atoms with E-state index < -0.39 is 11.6 Å². The molecule has 0 fully saturated rings. The number of nitrogens with zero attached hydrogens (tertiary/aromatic N) is 2. The molecule has 21 heavy (non-hydrogen) atoms. The monoisotopic (exact) mass is 289 g/mol. The molecule has 0 bridgehead atoms. The molecule has 0 saturated heterocycles. The Kier molecular flexibility index (Phi) is 3.97. The summed E-state index contributed by atoms with van der Waals surface area (Å²) in [6.45, 7) is 5.24. The third-order valence-corrected chi connectivity index (χ3v) is 2.81. The quantitative estimate of drug-likeness (QED) is 0.877. The van der Waals surface area contributed by atoms with Crippen LogP contribution in [0, 0.1) is 0 Å².